The summed E-state index contributed by atoms with van der Waals surface area (Å²) in [7, 11) is 0. The van der Waals surface area contributed by atoms with Gasteiger partial charge in [0, 0.05) is 5.92 Å². The SMILES string of the molecule is CC1=CC=CC(C)(C)C1C(=O)CC=O. The Bertz CT molecular complexity index is 308. The molecule has 1 aliphatic rings. The first-order valence-corrected chi connectivity index (χ1v) is 4.81. The fourth-order valence-corrected chi connectivity index (χ4v) is 2.10. The van der Waals surface area contributed by atoms with Gasteiger partial charge in [0.1, 0.15) is 12.1 Å². The number of carbonyl (C=O) groups excluding carboxylic acids is 2. The first-order chi connectivity index (χ1) is 6.49. The summed E-state index contributed by atoms with van der Waals surface area (Å²) in [6.07, 6.45) is 6.64. The minimum atomic E-state index is -0.168. The minimum absolute atomic E-state index is 0.0168. The van der Waals surface area contributed by atoms with Crippen LogP contribution in [0.3, 0.4) is 0 Å². The minimum Gasteiger partial charge on any atom is -0.303 e. The van der Waals surface area contributed by atoms with Crippen LogP contribution in [0.2, 0.25) is 0 Å². The van der Waals surface area contributed by atoms with Crippen LogP contribution in [0, 0.1) is 11.3 Å². The van der Waals surface area contributed by atoms with E-state index < -0.39 is 0 Å². The van der Waals surface area contributed by atoms with Gasteiger partial charge >= 0.3 is 0 Å². The molecule has 0 fully saturated rings. The number of rotatable bonds is 3. The summed E-state index contributed by atoms with van der Waals surface area (Å²) in [5, 5.41) is 0. The maximum Gasteiger partial charge on any atom is 0.147 e. The summed E-state index contributed by atoms with van der Waals surface area (Å²) < 4.78 is 0. The topological polar surface area (TPSA) is 34.1 Å². The molecule has 0 bridgehead atoms. The Labute approximate surface area is 84.7 Å². The van der Waals surface area contributed by atoms with Crippen LogP contribution in [0.5, 0.6) is 0 Å². The molecule has 1 rings (SSSR count). The standard InChI is InChI=1S/C12H16O2/c1-9-5-4-7-12(2,3)11(9)10(14)6-8-13/h4-5,7-8,11H,6H2,1-3H3. The van der Waals surface area contributed by atoms with Crippen LogP contribution >= 0.6 is 0 Å². The summed E-state index contributed by atoms with van der Waals surface area (Å²) in [6.45, 7) is 5.99. The molecule has 0 aromatic heterocycles. The molecule has 0 aliphatic heterocycles. The van der Waals surface area contributed by atoms with E-state index in [1.165, 1.54) is 0 Å². The quantitative estimate of drug-likeness (QED) is 0.508. The fraction of sp³-hybridized carbons (Fsp3) is 0.500. The van der Waals surface area contributed by atoms with Gasteiger partial charge < -0.3 is 4.79 Å². The molecule has 0 heterocycles. The summed E-state index contributed by atoms with van der Waals surface area (Å²) >= 11 is 0. The molecule has 0 aromatic rings. The Morgan fingerprint density at radius 1 is 1.57 bits per heavy atom. The summed E-state index contributed by atoms with van der Waals surface area (Å²) in [6, 6.07) is 0. The average Bonchev–Trinajstić information content (AvgIpc) is 2.02. The highest BCUT2D eigenvalue weighted by Gasteiger charge is 2.34. The van der Waals surface area contributed by atoms with Crippen LogP contribution < -0.4 is 0 Å². The Kier molecular flexibility index (Phi) is 3.04. The van der Waals surface area contributed by atoms with Gasteiger partial charge in [0.15, 0.2) is 0 Å². The van der Waals surface area contributed by atoms with Crippen LogP contribution in [-0.2, 0) is 9.59 Å². The van der Waals surface area contributed by atoms with Gasteiger partial charge in [-0.15, -0.1) is 0 Å². The molecule has 0 amide bonds. The van der Waals surface area contributed by atoms with Crippen LogP contribution in [0.25, 0.3) is 0 Å². The number of Topliss-reactive ketones (excluding diaryl/α,β-unsaturated/α-hetero) is 1. The van der Waals surface area contributed by atoms with Gasteiger partial charge in [-0.1, -0.05) is 37.6 Å². The molecule has 0 N–H and O–H groups in total. The number of carbonyl (C=O) groups is 2. The molecule has 1 atom stereocenters. The lowest BCUT2D eigenvalue weighted by Gasteiger charge is -2.33. The van der Waals surface area contributed by atoms with Gasteiger partial charge in [-0.25, -0.2) is 0 Å². The highest BCUT2D eigenvalue weighted by atomic mass is 16.1. The van der Waals surface area contributed by atoms with Crippen LogP contribution in [0.15, 0.2) is 23.8 Å². The molecule has 0 saturated heterocycles. The van der Waals surface area contributed by atoms with E-state index in [2.05, 4.69) is 0 Å². The van der Waals surface area contributed by atoms with E-state index in [0.717, 1.165) is 5.57 Å². The second kappa shape index (κ2) is 3.91. The Morgan fingerprint density at radius 3 is 2.71 bits per heavy atom. The third-order valence-electron chi connectivity index (χ3n) is 2.69. The number of ketones is 1. The molecule has 0 radical (unpaired) electrons. The predicted molar refractivity (Wildman–Crippen MR) is 55.9 cm³/mol. The van der Waals surface area contributed by atoms with E-state index in [9.17, 15) is 9.59 Å². The van der Waals surface area contributed by atoms with Crippen LogP contribution in [-0.4, -0.2) is 12.1 Å². The number of hydrogen-bond acceptors (Lipinski definition) is 2. The van der Waals surface area contributed by atoms with E-state index in [0.29, 0.717) is 6.29 Å². The molecule has 1 aliphatic carbocycles. The number of hydrogen-bond donors (Lipinski definition) is 0. The lowest BCUT2D eigenvalue weighted by molar-refractivity contribution is -0.126. The zero-order valence-electron chi connectivity index (χ0n) is 8.91. The highest BCUT2D eigenvalue weighted by Crippen LogP contribution is 2.37. The van der Waals surface area contributed by atoms with Crippen molar-refractivity contribution in [1.29, 1.82) is 0 Å². The zero-order chi connectivity index (χ0) is 10.8. The van der Waals surface area contributed by atoms with E-state index in [4.69, 9.17) is 0 Å². The van der Waals surface area contributed by atoms with Crippen molar-refractivity contribution in [2.24, 2.45) is 11.3 Å². The van der Waals surface area contributed by atoms with Crippen molar-refractivity contribution in [1.82, 2.24) is 0 Å². The van der Waals surface area contributed by atoms with Crippen molar-refractivity contribution in [2.45, 2.75) is 27.2 Å². The largest absolute Gasteiger partial charge is 0.303 e. The zero-order valence-corrected chi connectivity index (χ0v) is 8.91. The van der Waals surface area contributed by atoms with Crippen molar-refractivity contribution in [3.8, 4) is 0 Å². The molecule has 2 nitrogen and oxygen atoms in total. The lowest BCUT2D eigenvalue weighted by Crippen LogP contribution is -2.32. The summed E-state index contributed by atoms with van der Waals surface area (Å²) in [4.78, 5) is 22.0. The molecule has 76 valence electrons. The smallest absolute Gasteiger partial charge is 0.147 e. The van der Waals surface area contributed by atoms with Crippen LogP contribution in [0.4, 0.5) is 0 Å². The molecule has 14 heavy (non-hydrogen) atoms. The first kappa shape index (κ1) is 10.9. The summed E-state index contributed by atoms with van der Waals surface area (Å²) in [5.74, 6) is -0.124. The van der Waals surface area contributed by atoms with E-state index in [1.807, 2.05) is 39.0 Å². The average molecular weight is 192 g/mol. The lowest BCUT2D eigenvalue weighted by atomic mass is 9.70. The van der Waals surface area contributed by atoms with Gasteiger partial charge in [0.25, 0.3) is 0 Å². The molecular weight excluding hydrogens is 176 g/mol. The Morgan fingerprint density at radius 2 is 2.21 bits per heavy atom. The van der Waals surface area contributed by atoms with Gasteiger partial charge in [-0.05, 0) is 12.3 Å². The molecule has 0 aromatic carbocycles. The van der Waals surface area contributed by atoms with Crippen molar-refractivity contribution in [3.63, 3.8) is 0 Å². The van der Waals surface area contributed by atoms with Crippen molar-refractivity contribution in [2.75, 3.05) is 0 Å². The molecule has 0 spiro atoms. The van der Waals surface area contributed by atoms with Gasteiger partial charge in [-0.3, -0.25) is 4.79 Å². The normalized spacial score (nSPS) is 24.2. The molecule has 2 heteroatoms. The Hall–Kier alpha value is -1.18. The third kappa shape index (κ3) is 2.00. The first-order valence-electron chi connectivity index (χ1n) is 4.81. The van der Waals surface area contributed by atoms with Crippen LogP contribution in [0.1, 0.15) is 27.2 Å². The van der Waals surface area contributed by atoms with E-state index in [-0.39, 0.29) is 23.5 Å². The molecule has 1 unspecified atom stereocenters. The van der Waals surface area contributed by atoms with Crippen molar-refractivity contribution in [3.05, 3.63) is 23.8 Å². The van der Waals surface area contributed by atoms with Crippen molar-refractivity contribution < 1.29 is 9.59 Å². The second-order valence-electron chi connectivity index (χ2n) is 4.36. The van der Waals surface area contributed by atoms with E-state index in [1.54, 1.807) is 0 Å². The maximum absolute atomic E-state index is 11.7. The number of allylic oxidation sites excluding steroid dienone is 4. The van der Waals surface area contributed by atoms with Gasteiger partial charge in [0.05, 0.1) is 6.42 Å². The fourth-order valence-electron chi connectivity index (χ4n) is 2.10. The maximum atomic E-state index is 11.7. The predicted octanol–water partition coefficient (Wildman–Crippen LogP) is 2.30. The second-order valence-corrected chi connectivity index (χ2v) is 4.36. The summed E-state index contributed by atoms with van der Waals surface area (Å²) in [5.41, 5.74) is 0.878. The molecule has 0 saturated carbocycles. The van der Waals surface area contributed by atoms with Gasteiger partial charge in [-0.2, -0.15) is 0 Å². The monoisotopic (exact) mass is 192 g/mol. The van der Waals surface area contributed by atoms with E-state index >= 15 is 0 Å². The highest BCUT2D eigenvalue weighted by molar-refractivity contribution is 5.94. The van der Waals surface area contributed by atoms with Gasteiger partial charge in [0.2, 0.25) is 0 Å². The number of aldehydes is 1. The molecular formula is C12H16O2. The third-order valence-corrected chi connectivity index (χ3v) is 2.69. The Balaban J connectivity index is 2.95. The van der Waals surface area contributed by atoms with Crippen molar-refractivity contribution >= 4 is 12.1 Å².